The van der Waals surface area contributed by atoms with Crippen LogP contribution in [0.25, 0.3) is 0 Å². The molecule has 96 valence electrons. The maximum absolute atomic E-state index is 11.7. The van der Waals surface area contributed by atoms with E-state index in [-0.39, 0.29) is 12.1 Å². The Labute approximate surface area is 116 Å². The summed E-state index contributed by atoms with van der Waals surface area (Å²) in [5, 5.41) is 0. The Morgan fingerprint density at radius 1 is 1.44 bits per heavy atom. The molecule has 0 aliphatic rings. The van der Waals surface area contributed by atoms with Gasteiger partial charge in [-0.1, -0.05) is 34.0 Å². The molecule has 4 heteroatoms. The van der Waals surface area contributed by atoms with Crippen LogP contribution in [0.2, 0.25) is 0 Å². The van der Waals surface area contributed by atoms with E-state index in [1.165, 1.54) is 4.90 Å². The van der Waals surface area contributed by atoms with Crippen LogP contribution in [-0.2, 0) is 4.74 Å². The quantitative estimate of drug-likeness (QED) is 0.798. The molecule has 18 heavy (non-hydrogen) atoms. The maximum atomic E-state index is 11.7. The van der Waals surface area contributed by atoms with Gasteiger partial charge in [0.2, 0.25) is 0 Å². The zero-order valence-electron chi connectivity index (χ0n) is 10.7. The Morgan fingerprint density at radius 2 is 2.06 bits per heavy atom. The van der Waals surface area contributed by atoms with Crippen LogP contribution in [0.3, 0.4) is 0 Å². The van der Waals surface area contributed by atoms with E-state index < -0.39 is 0 Å². The highest BCUT2D eigenvalue weighted by molar-refractivity contribution is 9.10. The number of ether oxygens (including phenoxy) is 1. The zero-order chi connectivity index (χ0) is 13.5. The average molecular weight is 310 g/mol. The minimum Gasteiger partial charge on any atom is -0.450 e. The molecule has 1 aromatic rings. The second-order valence-corrected chi connectivity index (χ2v) is 4.57. The van der Waals surface area contributed by atoms with Gasteiger partial charge in [0.05, 0.1) is 6.61 Å². The normalized spacial score (nSPS) is 11.1. The number of carbonyl (C=O) groups excluding carboxylic acids is 1. The van der Waals surface area contributed by atoms with Crippen molar-refractivity contribution in [2.24, 2.45) is 0 Å². The van der Waals surface area contributed by atoms with E-state index in [1.54, 1.807) is 20.9 Å². The fraction of sp³-hybridized carbons (Fsp3) is 0.357. The van der Waals surface area contributed by atoms with Gasteiger partial charge in [-0.2, -0.15) is 0 Å². The minimum atomic E-state index is -0.367. The highest BCUT2D eigenvalue weighted by atomic mass is 79.9. The maximum Gasteiger partial charge on any atom is 0.410 e. The molecule has 1 atom stereocenters. The molecule has 3 nitrogen and oxygen atoms in total. The molecule has 0 radical (unpaired) electrons. The third kappa shape index (κ3) is 3.78. The van der Waals surface area contributed by atoms with Crippen molar-refractivity contribution < 1.29 is 9.53 Å². The van der Waals surface area contributed by atoms with E-state index in [4.69, 9.17) is 4.74 Å². The van der Waals surface area contributed by atoms with Gasteiger partial charge in [-0.05, 0) is 31.5 Å². The van der Waals surface area contributed by atoms with E-state index in [9.17, 15) is 4.79 Å². The molecule has 0 aliphatic carbocycles. The predicted molar refractivity (Wildman–Crippen MR) is 75.1 cm³/mol. The largest absolute Gasteiger partial charge is 0.450 e. The van der Waals surface area contributed by atoms with Crippen molar-refractivity contribution in [3.05, 3.63) is 34.3 Å². The fourth-order valence-electron chi connectivity index (χ4n) is 1.52. The molecule has 1 aromatic carbocycles. The summed E-state index contributed by atoms with van der Waals surface area (Å²) in [6.45, 7) is 3.90. The van der Waals surface area contributed by atoms with E-state index >= 15 is 0 Å². The van der Waals surface area contributed by atoms with Crippen LogP contribution >= 0.6 is 15.9 Å². The number of hydrogen-bond donors (Lipinski definition) is 0. The first-order chi connectivity index (χ1) is 8.60. The summed E-state index contributed by atoms with van der Waals surface area (Å²) in [5.74, 6) is 5.86. The molecule has 0 aromatic heterocycles. The second-order valence-electron chi connectivity index (χ2n) is 3.66. The van der Waals surface area contributed by atoms with Crippen LogP contribution in [0.15, 0.2) is 28.7 Å². The van der Waals surface area contributed by atoms with Gasteiger partial charge in [0, 0.05) is 11.5 Å². The number of nitrogens with zero attached hydrogens (tertiary/aromatic N) is 1. The average Bonchev–Trinajstić information content (AvgIpc) is 2.37. The van der Waals surface area contributed by atoms with Crippen LogP contribution in [0.5, 0.6) is 0 Å². The molecular weight excluding hydrogens is 294 g/mol. The standard InChI is InChI=1S/C14H16BrNO2/c1-4-6-13(16(3)14(17)18-5-2)11-7-9-12(15)10-8-11/h7-10,13H,5H2,1-3H3. The molecule has 0 heterocycles. The van der Waals surface area contributed by atoms with Crippen molar-refractivity contribution in [2.45, 2.75) is 19.9 Å². The molecule has 0 bridgehead atoms. The van der Waals surface area contributed by atoms with Gasteiger partial charge in [0.25, 0.3) is 0 Å². The van der Waals surface area contributed by atoms with Crippen LogP contribution in [-0.4, -0.2) is 24.6 Å². The Hall–Kier alpha value is -1.47. The molecule has 0 aliphatic heterocycles. The lowest BCUT2D eigenvalue weighted by Gasteiger charge is -2.23. The number of halogens is 1. The van der Waals surface area contributed by atoms with Crippen molar-refractivity contribution in [3.8, 4) is 11.8 Å². The van der Waals surface area contributed by atoms with Gasteiger partial charge >= 0.3 is 6.09 Å². The van der Waals surface area contributed by atoms with Crippen LogP contribution in [0.1, 0.15) is 25.5 Å². The Bertz CT molecular complexity index is 459. The number of amides is 1. The highest BCUT2D eigenvalue weighted by Gasteiger charge is 2.20. The Kier molecular flexibility index (Phi) is 5.73. The van der Waals surface area contributed by atoms with E-state index in [0.717, 1.165) is 10.0 Å². The van der Waals surface area contributed by atoms with Gasteiger partial charge in [-0.15, -0.1) is 5.92 Å². The number of rotatable bonds is 3. The first-order valence-corrected chi connectivity index (χ1v) is 6.46. The molecule has 1 unspecified atom stereocenters. The first kappa shape index (κ1) is 14.6. The third-order valence-electron chi connectivity index (χ3n) is 2.41. The van der Waals surface area contributed by atoms with Crippen molar-refractivity contribution in [1.82, 2.24) is 4.90 Å². The molecule has 1 amide bonds. The fourth-order valence-corrected chi connectivity index (χ4v) is 1.78. The summed E-state index contributed by atoms with van der Waals surface area (Å²) >= 11 is 3.38. The number of benzene rings is 1. The summed E-state index contributed by atoms with van der Waals surface area (Å²) < 4.78 is 5.98. The van der Waals surface area contributed by atoms with Gasteiger partial charge in [0.1, 0.15) is 6.04 Å². The van der Waals surface area contributed by atoms with Gasteiger partial charge < -0.3 is 4.74 Å². The lowest BCUT2D eigenvalue weighted by molar-refractivity contribution is 0.109. The molecule has 0 saturated heterocycles. The second kappa shape index (κ2) is 7.07. The number of carbonyl (C=O) groups is 1. The Balaban J connectivity index is 2.97. The SMILES string of the molecule is CC#CC(c1ccc(Br)cc1)N(C)C(=O)OCC. The first-order valence-electron chi connectivity index (χ1n) is 5.67. The number of hydrogen-bond acceptors (Lipinski definition) is 2. The van der Waals surface area contributed by atoms with Crippen LogP contribution in [0, 0.1) is 11.8 Å². The van der Waals surface area contributed by atoms with Gasteiger partial charge in [-0.3, -0.25) is 4.90 Å². The highest BCUT2D eigenvalue weighted by Crippen LogP contribution is 2.21. The van der Waals surface area contributed by atoms with Crippen molar-refractivity contribution >= 4 is 22.0 Å². The van der Waals surface area contributed by atoms with Crippen LogP contribution < -0.4 is 0 Å². The van der Waals surface area contributed by atoms with Gasteiger partial charge in [0.15, 0.2) is 0 Å². The molecular formula is C14H16BrNO2. The van der Waals surface area contributed by atoms with E-state index in [0.29, 0.717) is 6.61 Å². The predicted octanol–water partition coefficient (Wildman–Crippen LogP) is 3.60. The van der Waals surface area contributed by atoms with E-state index in [2.05, 4.69) is 27.8 Å². The summed E-state index contributed by atoms with van der Waals surface area (Å²) in [5.41, 5.74) is 0.961. The summed E-state index contributed by atoms with van der Waals surface area (Å²) in [4.78, 5) is 13.2. The lowest BCUT2D eigenvalue weighted by Crippen LogP contribution is -2.31. The summed E-state index contributed by atoms with van der Waals surface area (Å²) in [6, 6.07) is 7.45. The molecule has 0 fully saturated rings. The van der Waals surface area contributed by atoms with Gasteiger partial charge in [-0.25, -0.2) is 4.79 Å². The summed E-state index contributed by atoms with van der Waals surface area (Å²) in [6.07, 6.45) is -0.367. The summed E-state index contributed by atoms with van der Waals surface area (Å²) in [7, 11) is 1.69. The van der Waals surface area contributed by atoms with E-state index in [1.807, 2.05) is 24.3 Å². The van der Waals surface area contributed by atoms with Crippen molar-refractivity contribution in [3.63, 3.8) is 0 Å². The third-order valence-corrected chi connectivity index (χ3v) is 2.94. The topological polar surface area (TPSA) is 29.5 Å². The lowest BCUT2D eigenvalue weighted by atomic mass is 10.1. The zero-order valence-corrected chi connectivity index (χ0v) is 12.3. The van der Waals surface area contributed by atoms with Crippen molar-refractivity contribution in [2.75, 3.05) is 13.7 Å². The Morgan fingerprint density at radius 3 is 2.56 bits per heavy atom. The van der Waals surface area contributed by atoms with Crippen molar-refractivity contribution in [1.29, 1.82) is 0 Å². The monoisotopic (exact) mass is 309 g/mol. The smallest absolute Gasteiger partial charge is 0.410 e. The molecule has 0 N–H and O–H groups in total. The molecule has 1 rings (SSSR count). The molecule has 0 saturated carbocycles. The van der Waals surface area contributed by atoms with Crippen LogP contribution in [0.4, 0.5) is 4.79 Å². The minimum absolute atomic E-state index is 0.290. The molecule has 0 spiro atoms.